The molecule has 11 N–H and O–H groups in total. The summed E-state index contributed by atoms with van der Waals surface area (Å²) in [6.45, 7) is 5.88. The molecule has 0 spiro atoms. The number of carbonyl (C=O) groups excluding carboxylic acids is 2. The summed E-state index contributed by atoms with van der Waals surface area (Å²) in [5.74, 6) is -1.47. The number of nitrogens with one attached hydrogen (secondary N) is 2. The first kappa shape index (κ1) is 50.1. The monoisotopic (exact) mass is 859 g/mol. The Kier molecular flexibility index (Phi) is 19.0. The fourth-order valence-corrected chi connectivity index (χ4v) is 12.2. The molecule has 4 rings (SSSR count). The Morgan fingerprint density at radius 2 is 1.50 bits per heavy atom. The van der Waals surface area contributed by atoms with Crippen molar-refractivity contribution in [2.75, 3.05) is 45.9 Å². The largest absolute Gasteiger partial charge is 0.481 e. The van der Waals surface area contributed by atoms with E-state index in [1.807, 2.05) is 0 Å². The van der Waals surface area contributed by atoms with E-state index >= 15 is 0 Å². The van der Waals surface area contributed by atoms with E-state index in [1.165, 1.54) is 9.80 Å². The van der Waals surface area contributed by atoms with Crippen molar-refractivity contribution in [1.29, 1.82) is 0 Å². The van der Waals surface area contributed by atoms with Crippen molar-refractivity contribution in [3.63, 3.8) is 0 Å². The molecule has 0 radical (unpaired) electrons. The number of nitrogens with zero attached hydrogens (tertiary/aromatic N) is 2. The fraction of sp³-hybridized carbons (Fsp3) is 0.905. The third kappa shape index (κ3) is 13.0. The molecule has 0 aromatic heterocycles. The second-order valence-electron chi connectivity index (χ2n) is 18.9. The molecule has 9 unspecified atom stereocenters. The normalized spacial score (nSPS) is 32.4. The standard InChI is InChI=1S/C42H74N4O14/c1-25(7-12-36(51)52)29-8-9-30-40-31(20-33(48)42(29,30)3)41(2)14-13-27(18-26(41)19-32(40)47)44-35(50)11-10-34(49)43-15-5-4-6-28(24-60-59)46(23-39(57)58)17-16-45(21-37(53)54)22-38(55)56/h25-33,37-38,40,47-48,53-56,59H,4-24H2,1-3H3,(H,43,49)(H,44,50)(H,51,52)(H,57,58)/t25?,26?,27?,28?,29-,30?,31?,32?,33?,40?,41+,42-/m1/s1. The summed E-state index contributed by atoms with van der Waals surface area (Å²) < 4.78 is 0. The minimum Gasteiger partial charge on any atom is -0.481 e. The maximum atomic E-state index is 13.0. The molecule has 0 aromatic carbocycles. The van der Waals surface area contributed by atoms with Gasteiger partial charge in [0.15, 0.2) is 12.6 Å². The van der Waals surface area contributed by atoms with E-state index in [4.69, 9.17) is 0 Å². The number of aliphatic carboxylic acids is 2. The van der Waals surface area contributed by atoms with Crippen molar-refractivity contribution < 1.29 is 70.2 Å². The van der Waals surface area contributed by atoms with Crippen molar-refractivity contribution in [3.8, 4) is 0 Å². The van der Waals surface area contributed by atoms with Crippen molar-refractivity contribution in [2.24, 2.45) is 46.3 Å². The highest BCUT2D eigenvalue weighted by Crippen LogP contribution is 2.68. The smallest absolute Gasteiger partial charge is 0.317 e. The molecule has 0 aromatic rings. The lowest BCUT2D eigenvalue weighted by Gasteiger charge is -2.63. The Morgan fingerprint density at radius 1 is 0.817 bits per heavy atom. The molecule has 60 heavy (non-hydrogen) atoms. The Labute approximate surface area is 353 Å². The molecule has 346 valence electrons. The van der Waals surface area contributed by atoms with Gasteiger partial charge in [-0.05, 0) is 111 Å². The van der Waals surface area contributed by atoms with Crippen LogP contribution in [0.2, 0.25) is 0 Å². The molecular weight excluding hydrogens is 784 g/mol. The first-order valence-electron chi connectivity index (χ1n) is 22.1. The van der Waals surface area contributed by atoms with Gasteiger partial charge >= 0.3 is 11.9 Å². The summed E-state index contributed by atoms with van der Waals surface area (Å²) in [6, 6.07) is -0.618. The van der Waals surface area contributed by atoms with Crippen LogP contribution in [0.4, 0.5) is 0 Å². The molecular formula is C42H74N4O14. The lowest BCUT2D eigenvalue weighted by atomic mass is 9.43. The minimum absolute atomic E-state index is 0.00503. The van der Waals surface area contributed by atoms with E-state index in [0.29, 0.717) is 45.1 Å². The van der Waals surface area contributed by atoms with Gasteiger partial charge in [0.1, 0.15) is 0 Å². The summed E-state index contributed by atoms with van der Waals surface area (Å²) in [5.41, 5.74) is -0.450. The maximum Gasteiger partial charge on any atom is 0.317 e. The van der Waals surface area contributed by atoms with Gasteiger partial charge in [0.05, 0.1) is 25.4 Å². The Morgan fingerprint density at radius 3 is 2.13 bits per heavy atom. The molecule has 18 heteroatoms. The zero-order valence-electron chi connectivity index (χ0n) is 35.7. The number of hydrogen-bond acceptors (Lipinski definition) is 14. The Bertz CT molecular complexity index is 1400. The van der Waals surface area contributed by atoms with Crippen LogP contribution in [0.3, 0.4) is 0 Å². The number of carboxylic acid groups (broad SMARTS) is 2. The Balaban J connectivity index is 1.20. The molecule has 0 bridgehead atoms. The van der Waals surface area contributed by atoms with Gasteiger partial charge in [-0.15, -0.1) is 0 Å². The molecule has 2 amide bonds. The third-order valence-electron chi connectivity index (χ3n) is 15.3. The van der Waals surface area contributed by atoms with Gasteiger partial charge < -0.3 is 51.5 Å². The van der Waals surface area contributed by atoms with Crippen molar-refractivity contribution in [2.45, 2.75) is 148 Å². The first-order valence-corrected chi connectivity index (χ1v) is 22.1. The highest BCUT2D eigenvalue weighted by Gasteiger charge is 2.65. The minimum atomic E-state index is -1.74. The topological polar surface area (TPSA) is 290 Å². The average molecular weight is 859 g/mol. The molecule has 0 saturated heterocycles. The van der Waals surface area contributed by atoms with E-state index in [9.17, 15) is 65.3 Å². The highest BCUT2D eigenvalue weighted by atomic mass is 17.1. The third-order valence-corrected chi connectivity index (χ3v) is 15.3. The maximum absolute atomic E-state index is 13.0. The number of unbranched alkanes of at least 4 members (excludes halogenated alkanes) is 1. The summed E-state index contributed by atoms with van der Waals surface area (Å²) >= 11 is 0. The average Bonchev–Trinajstić information content (AvgIpc) is 3.52. The zero-order valence-corrected chi connectivity index (χ0v) is 35.7. The SMILES string of the molecule is CC(CCC(=O)O)[C@H]1CCC2C3C(O)CC4CC(NC(=O)CCC(=O)NCCCCC(COO)N(CCN(CC(O)O)CC(O)O)CC(=O)O)CC[C@]4(C)C3CC(O)[C@@]21C. The Hall–Kier alpha value is -2.52. The van der Waals surface area contributed by atoms with Gasteiger partial charge in [-0.25, -0.2) is 4.89 Å². The van der Waals surface area contributed by atoms with Crippen LogP contribution in [-0.2, 0) is 24.1 Å². The lowest BCUT2D eigenvalue weighted by molar-refractivity contribution is -0.252. The van der Waals surface area contributed by atoms with E-state index in [1.54, 1.807) is 0 Å². The van der Waals surface area contributed by atoms with E-state index in [-0.39, 0.29) is 116 Å². The molecule has 0 heterocycles. The van der Waals surface area contributed by atoms with Crippen LogP contribution in [0.5, 0.6) is 0 Å². The van der Waals surface area contributed by atoms with Gasteiger partial charge in [-0.1, -0.05) is 27.2 Å². The fourth-order valence-electron chi connectivity index (χ4n) is 12.2. The number of aliphatic hydroxyl groups is 6. The summed E-state index contributed by atoms with van der Waals surface area (Å²) in [6.07, 6.45) is 3.15. The number of carboxylic acids is 2. The van der Waals surface area contributed by atoms with Gasteiger partial charge in [0, 0.05) is 64.1 Å². The van der Waals surface area contributed by atoms with Crippen LogP contribution < -0.4 is 10.6 Å². The van der Waals surface area contributed by atoms with Gasteiger partial charge in [-0.3, -0.25) is 34.2 Å². The summed E-state index contributed by atoms with van der Waals surface area (Å²) in [7, 11) is 0. The van der Waals surface area contributed by atoms with Gasteiger partial charge in [0.25, 0.3) is 0 Å². The first-order chi connectivity index (χ1) is 28.3. The van der Waals surface area contributed by atoms with Crippen LogP contribution >= 0.6 is 0 Å². The quantitative estimate of drug-likeness (QED) is 0.0262. The van der Waals surface area contributed by atoms with Crippen molar-refractivity contribution >= 4 is 23.8 Å². The van der Waals surface area contributed by atoms with Crippen LogP contribution in [0.15, 0.2) is 0 Å². The van der Waals surface area contributed by atoms with Crippen LogP contribution in [-0.4, -0.2) is 162 Å². The highest BCUT2D eigenvalue weighted by molar-refractivity contribution is 5.83. The number of hydrogen-bond donors (Lipinski definition) is 11. The van der Waals surface area contributed by atoms with Crippen LogP contribution in [0.25, 0.3) is 0 Å². The van der Waals surface area contributed by atoms with E-state index < -0.39 is 49.3 Å². The van der Waals surface area contributed by atoms with Crippen molar-refractivity contribution in [3.05, 3.63) is 0 Å². The molecule has 4 fully saturated rings. The molecule has 12 atom stereocenters. The van der Waals surface area contributed by atoms with E-state index in [2.05, 4.69) is 36.3 Å². The second kappa shape index (κ2) is 22.7. The number of aliphatic hydroxyl groups excluding tert-OH is 4. The number of rotatable bonds is 25. The van der Waals surface area contributed by atoms with Gasteiger partial charge in [0.2, 0.25) is 11.8 Å². The van der Waals surface area contributed by atoms with Gasteiger partial charge in [-0.2, -0.15) is 0 Å². The lowest BCUT2D eigenvalue weighted by Crippen LogP contribution is -2.63. The predicted octanol–water partition coefficient (Wildman–Crippen LogP) is 0.808. The number of amides is 2. The van der Waals surface area contributed by atoms with Crippen LogP contribution in [0, 0.1) is 46.3 Å². The molecule has 18 nitrogen and oxygen atoms in total. The molecule has 4 aliphatic carbocycles. The van der Waals surface area contributed by atoms with Crippen LogP contribution in [0.1, 0.15) is 111 Å². The predicted molar refractivity (Wildman–Crippen MR) is 217 cm³/mol. The zero-order chi connectivity index (χ0) is 44.4. The molecule has 4 aliphatic rings. The summed E-state index contributed by atoms with van der Waals surface area (Å²) in [5, 5.41) is 94.8. The summed E-state index contributed by atoms with van der Waals surface area (Å²) in [4.78, 5) is 55.8. The molecule has 4 saturated carbocycles. The van der Waals surface area contributed by atoms with E-state index in [0.717, 1.165) is 32.1 Å². The number of fused-ring (bicyclic) bond motifs is 5. The number of carbonyl (C=O) groups is 4. The second-order valence-corrected chi connectivity index (χ2v) is 18.9. The van der Waals surface area contributed by atoms with Crippen molar-refractivity contribution in [1.82, 2.24) is 20.4 Å². The molecule has 0 aliphatic heterocycles.